The SMILES string of the molecule is CCOc1ccccc1NC(=O)c1c(NC(=O)c2cccs2)sc2c1CC[C@H](C)C2. The average molecular weight is 441 g/mol. The molecule has 0 radical (unpaired) electrons. The quantitative estimate of drug-likeness (QED) is 0.506. The van der Waals surface area contributed by atoms with E-state index in [1.165, 1.54) is 27.6 Å². The van der Waals surface area contributed by atoms with Crippen LogP contribution in [-0.4, -0.2) is 18.4 Å². The number of rotatable bonds is 6. The molecule has 3 aromatic rings. The summed E-state index contributed by atoms with van der Waals surface area (Å²) in [5.74, 6) is 0.818. The van der Waals surface area contributed by atoms with E-state index in [0.717, 1.165) is 24.8 Å². The zero-order chi connectivity index (χ0) is 21.1. The predicted molar refractivity (Wildman–Crippen MR) is 123 cm³/mol. The number of anilines is 2. The van der Waals surface area contributed by atoms with Crippen molar-refractivity contribution in [3.63, 3.8) is 0 Å². The van der Waals surface area contributed by atoms with Crippen LogP contribution < -0.4 is 15.4 Å². The smallest absolute Gasteiger partial charge is 0.266 e. The van der Waals surface area contributed by atoms with E-state index in [-0.39, 0.29) is 11.8 Å². The van der Waals surface area contributed by atoms with Gasteiger partial charge >= 0.3 is 0 Å². The minimum atomic E-state index is -0.212. The predicted octanol–water partition coefficient (Wildman–Crippen LogP) is 5.84. The number of carbonyl (C=O) groups is 2. The lowest BCUT2D eigenvalue weighted by atomic mass is 9.88. The number of benzene rings is 1. The fourth-order valence-corrected chi connectivity index (χ4v) is 5.71. The summed E-state index contributed by atoms with van der Waals surface area (Å²) >= 11 is 2.91. The minimum Gasteiger partial charge on any atom is -0.492 e. The summed E-state index contributed by atoms with van der Waals surface area (Å²) in [6.07, 6.45) is 2.82. The van der Waals surface area contributed by atoms with Crippen molar-refractivity contribution in [2.45, 2.75) is 33.1 Å². The Bertz CT molecular complexity index is 1060. The van der Waals surface area contributed by atoms with Gasteiger partial charge in [0.05, 0.1) is 22.7 Å². The first-order valence-electron chi connectivity index (χ1n) is 10.1. The molecule has 2 aromatic heterocycles. The molecule has 4 rings (SSSR count). The summed E-state index contributed by atoms with van der Waals surface area (Å²) in [4.78, 5) is 27.9. The second kappa shape index (κ2) is 9.02. The first-order valence-corrected chi connectivity index (χ1v) is 11.8. The summed E-state index contributed by atoms with van der Waals surface area (Å²) in [5, 5.41) is 8.48. The third kappa shape index (κ3) is 4.27. The Labute approximate surface area is 184 Å². The van der Waals surface area contributed by atoms with Crippen LogP contribution in [-0.2, 0) is 12.8 Å². The van der Waals surface area contributed by atoms with Gasteiger partial charge in [0.1, 0.15) is 10.8 Å². The number of amides is 2. The highest BCUT2D eigenvalue weighted by atomic mass is 32.1. The molecule has 0 saturated heterocycles. The van der Waals surface area contributed by atoms with Crippen molar-refractivity contribution in [2.24, 2.45) is 5.92 Å². The van der Waals surface area contributed by atoms with Crippen LogP contribution in [0.3, 0.4) is 0 Å². The van der Waals surface area contributed by atoms with Gasteiger partial charge in [-0.15, -0.1) is 22.7 Å². The first-order chi connectivity index (χ1) is 14.6. The lowest BCUT2D eigenvalue weighted by Crippen LogP contribution is -2.19. The summed E-state index contributed by atoms with van der Waals surface area (Å²) in [6, 6.07) is 11.0. The van der Waals surface area contributed by atoms with E-state index in [4.69, 9.17) is 4.74 Å². The number of hydrogen-bond donors (Lipinski definition) is 2. The van der Waals surface area contributed by atoms with Gasteiger partial charge in [-0.25, -0.2) is 0 Å². The molecule has 30 heavy (non-hydrogen) atoms. The van der Waals surface area contributed by atoms with Crippen molar-refractivity contribution in [3.8, 4) is 5.75 Å². The second-order valence-corrected chi connectivity index (χ2v) is 9.42. The highest BCUT2D eigenvalue weighted by molar-refractivity contribution is 7.17. The van der Waals surface area contributed by atoms with E-state index in [0.29, 0.717) is 39.4 Å². The average Bonchev–Trinajstić information content (AvgIpc) is 3.37. The van der Waals surface area contributed by atoms with Gasteiger partial charge in [-0.05, 0) is 61.2 Å². The number of para-hydroxylation sites is 2. The molecule has 1 aliphatic rings. The highest BCUT2D eigenvalue weighted by Crippen LogP contribution is 2.40. The minimum absolute atomic E-state index is 0.180. The zero-order valence-electron chi connectivity index (χ0n) is 17.0. The van der Waals surface area contributed by atoms with Gasteiger partial charge in [0.25, 0.3) is 11.8 Å². The molecule has 156 valence electrons. The van der Waals surface area contributed by atoms with E-state index in [2.05, 4.69) is 17.6 Å². The van der Waals surface area contributed by atoms with Crippen molar-refractivity contribution in [1.29, 1.82) is 0 Å². The van der Waals surface area contributed by atoms with Crippen LogP contribution in [0.15, 0.2) is 41.8 Å². The lowest BCUT2D eigenvalue weighted by Gasteiger charge is -2.19. The molecule has 7 heteroatoms. The molecule has 0 fully saturated rings. The van der Waals surface area contributed by atoms with E-state index < -0.39 is 0 Å². The molecule has 0 bridgehead atoms. The molecule has 1 aromatic carbocycles. The Morgan fingerprint density at radius 1 is 1.13 bits per heavy atom. The number of thiophene rings is 2. The number of nitrogens with one attached hydrogen (secondary N) is 2. The molecule has 1 aliphatic carbocycles. The third-order valence-corrected chi connectivity index (χ3v) is 7.18. The first kappa shape index (κ1) is 20.6. The van der Waals surface area contributed by atoms with Crippen molar-refractivity contribution >= 4 is 45.2 Å². The Morgan fingerprint density at radius 3 is 2.73 bits per heavy atom. The molecule has 1 atom stereocenters. The molecule has 0 unspecified atom stereocenters. The molecule has 2 amide bonds. The number of hydrogen-bond acceptors (Lipinski definition) is 5. The van der Waals surface area contributed by atoms with Crippen molar-refractivity contribution in [3.05, 3.63) is 62.7 Å². The Morgan fingerprint density at radius 2 is 1.97 bits per heavy atom. The molecule has 0 saturated carbocycles. The molecule has 2 N–H and O–H groups in total. The van der Waals surface area contributed by atoms with Gasteiger partial charge in [-0.3, -0.25) is 9.59 Å². The number of fused-ring (bicyclic) bond motifs is 1. The summed E-state index contributed by atoms with van der Waals surface area (Å²) in [7, 11) is 0. The lowest BCUT2D eigenvalue weighted by molar-refractivity contribution is 0.102. The molecule has 2 heterocycles. The van der Waals surface area contributed by atoms with Gasteiger partial charge in [0.15, 0.2) is 0 Å². The standard InChI is InChI=1S/C23H24N2O3S2/c1-3-28-17-8-5-4-7-16(17)24-22(27)20-15-11-10-14(2)13-19(15)30-23(20)25-21(26)18-9-6-12-29-18/h4-9,12,14H,3,10-11,13H2,1-2H3,(H,24,27)(H,25,26)/t14-/m0/s1. The largest absolute Gasteiger partial charge is 0.492 e. The van der Waals surface area contributed by atoms with E-state index >= 15 is 0 Å². The molecule has 0 spiro atoms. The van der Waals surface area contributed by atoms with Crippen LogP contribution >= 0.6 is 22.7 Å². The van der Waals surface area contributed by atoms with Crippen LogP contribution in [0.5, 0.6) is 5.75 Å². The fourth-order valence-electron chi connectivity index (χ4n) is 3.69. The zero-order valence-corrected chi connectivity index (χ0v) is 18.6. The highest BCUT2D eigenvalue weighted by Gasteiger charge is 2.29. The van der Waals surface area contributed by atoms with Gasteiger partial charge in [-0.2, -0.15) is 0 Å². The third-order valence-electron chi connectivity index (χ3n) is 5.15. The van der Waals surface area contributed by atoms with Gasteiger partial charge in [0, 0.05) is 4.88 Å². The molecular formula is C23H24N2O3S2. The topological polar surface area (TPSA) is 67.4 Å². The number of carbonyl (C=O) groups excluding carboxylic acids is 2. The van der Waals surface area contributed by atoms with Gasteiger partial charge < -0.3 is 15.4 Å². The number of ether oxygens (including phenoxy) is 1. The van der Waals surface area contributed by atoms with Crippen molar-refractivity contribution in [2.75, 3.05) is 17.2 Å². The maximum atomic E-state index is 13.4. The maximum Gasteiger partial charge on any atom is 0.266 e. The van der Waals surface area contributed by atoms with Gasteiger partial charge in [0.2, 0.25) is 0 Å². The summed E-state index contributed by atoms with van der Waals surface area (Å²) in [5.41, 5.74) is 2.27. The molecular weight excluding hydrogens is 416 g/mol. The second-order valence-electron chi connectivity index (χ2n) is 7.37. The van der Waals surface area contributed by atoms with E-state index in [1.807, 2.05) is 42.6 Å². The van der Waals surface area contributed by atoms with Crippen molar-refractivity contribution in [1.82, 2.24) is 0 Å². The van der Waals surface area contributed by atoms with Crippen LogP contribution in [0.2, 0.25) is 0 Å². The summed E-state index contributed by atoms with van der Waals surface area (Å²) < 4.78 is 5.65. The maximum absolute atomic E-state index is 13.4. The van der Waals surface area contributed by atoms with E-state index in [1.54, 1.807) is 6.07 Å². The van der Waals surface area contributed by atoms with Crippen LogP contribution in [0.4, 0.5) is 10.7 Å². The molecule has 0 aliphatic heterocycles. The summed E-state index contributed by atoms with van der Waals surface area (Å²) in [6.45, 7) is 4.65. The Balaban J connectivity index is 1.67. The van der Waals surface area contributed by atoms with Crippen LogP contribution in [0.25, 0.3) is 0 Å². The Hall–Kier alpha value is -2.64. The Kier molecular flexibility index (Phi) is 6.20. The monoisotopic (exact) mass is 440 g/mol. The van der Waals surface area contributed by atoms with Gasteiger partial charge in [-0.1, -0.05) is 25.1 Å². The molecule has 5 nitrogen and oxygen atoms in total. The fraction of sp³-hybridized carbons (Fsp3) is 0.304. The normalized spacial score (nSPS) is 15.3. The van der Waals surface area contributed by atoms with Crippen molar-refractivity contribution < 1.29 is 14.3 Å². The van der Waals surface area contributed by atoms with E-state index in [9.17, 15) is 9.59 Å². The van der Waals surface area contributed by atoms with Crippen LogP contribution in [0.1, 0.15) is 50.7 Å². The van der Waals surface area contributed by atoms with Crippen LogP contribution in [0, 0.1) is 5.92 Å².